The maximum atomic E-state index is 12.7. The van der Waals surface area contributed by atoms with Gasteiger partial charge < -0.3 is 15.4 Å². The first kappa shape index (κ1) is 25.1. The number of carbonyl (C=O) groups is 2. The highest BCUT2D eigenvalue weighted by molar-refractivity contribution is 7.89. The molecular weight excluding hydrogens is 464 g/mol. The van der Waals surface area contributed by atoms with Crippen molar-refractivity contribution in [2.24, 2.45) is 0 Å². The smallest absolute Gasteiger partial charge is 0.312 e. The molecule has 0 saturated carbocycles. The number of benzene rings is 2. The third-order valence-corrected chi connectivity index (χ3v) is 7.27. The van der Waals surface area contributed by atoms with E-state index in [4.69, 9.17) is 4.74 Å². The summed E-state index contributed by atoms with van der Waals surface area (Å²) in [5.41, 5.74) is 1.86. The molecule has 3 rings (SSSR count). The lowest BCUT2D eigenvalue weighted by atomic mass is 10.1. The van der Waals surface area contributed by atoms with E-state index in [1.54, 1.807) is 0 Å². The molecule has 1 fully saturated rings. The number of nitro benzene ring substituents is 1. The number of carbonyl (C=O) groups excluding carboxylic acids is 2. The summed E-state index contributed by atoms with van der Waals surface area (Å²) in [5.74, 6) is -1.35. The number of ether oxygens (including phenoxy) is 1. The van der Waals surface area contributed by atoms with Crippen molar-refractivity contribution >= 4 is 33.2 Å². The fourth-order valence-corrected chi connectivity index (χ4v) is 5.11. The summed E-state index contributed by atoms with van der Waals surface area (Å²) in [4.78, 5) is 34.8. The van der Waals surface area contributed by atoms with Gasteiger partial charge in [0.05, 0.1) is 16.4 Å². The number of hydrogen-bond acceptors (Lipinski definition) is 7. The molecule has 11 nitrogen and oxygen atoms in total. The van der Waals surface area contributed by atoms with Crippen LogP contribution in [-0.2, 0) is 19.6 Å². The van der Waals surface area contributed by atoms with E-state index >= 15 is 0 Å². The minimum atomic E-state index is -3.84. The highest BCUT2D eigenvalue weighted by Crippen LogP contribution is 2.31. The van der Waals surface area contributed by atoms with Gasteiger partial charge in [0.2, 0.25) is 15.9 Å². The number of nitrogens with zero attached hydrogens (tertiary/aromatic N) is 2. The monoisotopic (exact) mass is 490 g/mol. The molecule has 34 heavy (non-hydrogen) atoms. The third-order valence-electron chi connectivity index (χ3n) is 5.38. The van der Waals surface area contributed by atoms with Crippen molar-refractivity contribution < 1.29 is 27.7 Å². The van der Waals surface area contributed by atoms with Crippen molar-refractivity contribution in [1.82, 2.24) is 9.62 Å². The van der Waals surface area contributed by atoms with Crippen molar-refractivity contribution in [3.8, 4) is 5.75 Å². The van der Waals surface area contributed by atoms with Crippen molar-refractivity contribution in [2.45, 2.75) is 31.6 Å². The number of anilines is 1. The molecular formula is C22H26N4O7S. The van der Waals surface area contributed by atoms with Gasteiger partial charge in [0.1, 0.15) is 0 Å². The summed E-state index contributed by atoms with van der Waals surface area (Å²) in [5, 5.41) is 16.6. The second-order valence-corrected chi connectivity index (χ2v) is 9.82. The summed E-state index contributed by atoms with van der Waals surface area (Å²) in [6.07, 6.45) is 1.47. The minimum Gasteiger partial charge on any atom is -0.477 e. The molecule has 2 amide bonds. The summed E-state index contributed by atoms with van der Waals surface area (Å²) >= 11 is 0. The molecule has 1 aliphatic heterocycles. The quantitative estimate of drug-likeness (QED) is 0.404. The average molecular weight is 491 g/mol. The Morgan fingerprint density at radius 3 is 2.35 bits per heavy atom. The van der Waals surface area contributed by atoms with Crippen LogP contribution in [0.5, 0.6) is 5.75 Å². The maximum absolute atomic E-state index is 12.7. The number of para-hydroxylation sites is 1. The molecule has 0 aliphatic carbocycles. The van der Waals surface area contributed by atoms with Crippen LogP contribution in [0.25, 0.3) is 0 Å². The van der Waals surface area contributed by atoms with Crippen LogP contribution < -0.4 is 15.4 Å². The van der Waals surface area contributed by atoms with Gasteiger partial charge in [-0.05, 0) is 49.9 Å². The summed E-state index contributed by atoms with van der Waals surface area (Å²) < 4.78 is 31.9. The minimum absolute atomic E-state index is 0.207. The fourth-order valence-electron chi connectivity index (χ4n) is 3.57. The Hall–Kier alpha value is -3.51. The van der Waals surface area contributed by atoms with Gasteiger partial charge in [-0.15, -0.1) is 0 Å². The van der Waals surface area contributed by atoms with Gasteiger partial charge in [-0.1, -0.05) is 18.2 Å². The Bertz CT molecular complexity index is 1190. The van der Waals surface area contributed by atoms with E-state index < -0.39 is 39.1 Å². The van der Waals surface area contributed by atoms with Gasteiger partial charge in [-0.2, -0.15) is 4.31 Å². The number of hydrogen-bond donors (Lipinski definition) is 2. The van der Waals surface area contributed by atoms with E-state index in [1.165, 1.54) is 10.4 Å². The van der Waals surface area contributed by atoms with E-state index in [9.17, 15) is 28.1 Å². The van der Waals surface area contributed by atoms with Crippen LogP contribution in [0.3, 0.4) is 0 Å². The molecule has 12 heteroatoms. The van der Waals surface area contributed by atoms with Crippen LogP contribution in [0, 0.1) is 24.0 Å². The van der Waals surface area contributed by atoms with Crippen LogP contribution in [0.2, 0.25) is 0 Å². The van der Waals surface area contributed by atoms with Crippen molar-refractivity contribution in [2.75, 3.05) is 31.6 Å². The molecule has 2 aromatic carbocycles. The number of nitrogens with one attached hydrogen (secondary N) is 2. The predicted octanol–water partition coefficient (Wildman–Crippen LogP) is 2.13. The molecule has 2 aromatic rings. The zero-order chi connectivity index (χ0) is 24.9. The predicted molar refractivity (Wildman–Crippen MR) is 124 cm³/mol. The lowest BCUT2D eigenvalue weighted by molar-refractivity contribution is -0.386. The lowest BCUT2D eigenvalue weighted by Crippen LogP contribution is -2.36. The SMILES string of the molecule is Cc1cccc(C)c1NC(=O)CNC(=O)COc1ccc(S(=O)(=O)N2CCCC2)cc1[N+](=O)[O-]. The van der Waals surface area contributed by atoms with Gasteiger partial charge in [0.15, 0.2) is 12.4 Å². The molecule has 0 aromatic heterocycles. The van der Waals surface area contributed by atoms with E-state index in [0.29, 0.717) is 18.8 Å². The average Bonchev–Trinajstić information content (AvgIpc) is 3.34. The van der Waals surface area contributed by atoms with Crippen molar-refractivity contribution in [1.29, 1.82) is 0 Å². The van der Waals surface area contributed by atoms with Crippen molar-refractivity contribution in [3.63, 3.8) is 0 Å². The van der Waals surface area contributed by atoms with E-state index in [-0.39, 0.29) is 17.2 Å². The summed E-state index contributed by atoms with van der Waals surface area (Å²) in [6, 6.07) is 8.87. The highest BCUT2D eigenvalue weighted by Gasteiger charge is 2.30. The number of amides is 2. The highest BCUT2D eigenvalue weighted by atomic mass is 32.2. The number of nitro groups is 1. The molecule has 1 heterocycles. The number of aryl methyl sites for hydroxylation is 2. The second-order valence-electron chi connectivity index (χ2n) is 7.88. The normalized spacial score (nSPS) is 13.9. The number of rotatable bonds is 9. The molecule has 2 N–H and O–H groups in total. The van der Waals surface area contributed by atoms with Gasteiger partial charge >= 0.3 is 5.69 Å². The Morgan fingerprint density at radius 1 is 1.09 bits per heavy atom. The molecule has 1 aliphatic rings. The first-order valence-corrected chi connectivity index (χ1v) is 12.1. The van der Waals surface area contributed by atoms with Crippen LogP contribution in [-0.4, -0.2) is 55.7 Å². The standard InChI is InChI=1S/C22H26N4O7S/c1-15-6-5-7-16(2)22(15)24-20(27)13-23-21(28)14-33-19-9-8-17(12-18(19)26(29)30)34(31,32)25-10-3-4-11-25/h5-9,12H,3-4,10-11,13-14H2,1-2H3,(H,23,28)(H,24,27). The first-order valence-electron chi connectivity index (χ1n) is 10.6. The van der Waals surface area contributed by atoms with Gasteiger partial charge in [0.25, 0.3) is 5.91 Å². The number of sulfonamides is 1. The Kier molecular flexibility index (Phi) is 7.84. The molecule has 0 bridgehead atoms. The zero-order valence-electron chi connectivity index (χ0n) is 18.9. The lowest BCUT2D eigenvalue weighted by Gasteiger charge is -2.16. The molecule has 182 valence electrons. The van der Waals surface area contributed by atoms with Gasteiger partial charge in [-0.3, -0.25) is 19.7 Å². The van der Waals surface area contributed by atoms with E-state index in [2.05, 4.69) is 10.6 Å². The van der Waals surface area contributed by atoms with Crippen LogP contribution in [0.1, 0.15) is 24.0 Å². The molecule has 1 saturated heterocycles. The molecule has 0 spiro atoms. The first-order chi connectivity index (χ1) is 16.1. The van der Waals surface area contributed by atoms with Crippen LogP contribution in [0.15, 0.2) is 41.3 Å². The van der Waals surface area contributed by atoms with Crippen molar-refractivity contribution in [3.05, 3.63) is 57.6 Å². The summed E-state index contributed by atoms with van der Waals surface area (Å²) in [7, 11) is -3.84. The maximum Gasteiger partial charge on any atom is 0.312 e. The Labute approximate surface area is 197 Å². The second kappa shape index (κ2) is 10.6. The Balaban J connectivity index is 1.59. The van der Waals surface area contributed by atoms with E-state index in [1.807, 2.05) is 32.0 Å². The van der Waals surface area contributed by atoms with E-state index in [0.717, 1.165) is 36.1 Å². The third kappa shape index (κ3) is 5.88. The van der Waals surface area contributed by atoms with Crippen LogP contribution >= 0.6 is 0 Å². The van der Waals surface area contributed by atoms with Crippen LogP contribution in [0.4, 0.5) is 11.4 Å². The Morgan fingerprint density at radius 2 is 1.74 bits per heavy atom. The van der Waals surface area contributed by atoms with Gasteiger partial charge in [0, 0.05) is 24.8 Å². The summed E-state index contributed by atoms with van der Waals surface area (Å²) in [6.45, 7) is 3.53. The molecule has 0 atom stereocenters. The topological polar surface area (TPSA) is 148 Å². The molecule has 0 unspecified atom stereocenters. The van der Waals surface area contributed by atoms with Gasteiger partial charge in [-0.25, -0.2) is 8.42 Å². The zero-order valence-corrected chi connectivity index (χ0v) is 19.7. The molecule has 0 radical (unpaired) electrons. The largest absolute Gasteiger partial charge is 0.477 e. The fraction of sp³-hybridized carbons (Fsp3) is 0.364.